The van der Waals surface area contributed by atoms with E-state index >= 15 is 0 Å². The molecule has 0 amide bonds. The first kappa shape index (κ1) is 18.4. The van der Waals surface area contributed by atoms with Gasteiger partial charge in [0.2, 0.25) is 11.7 Å². The largest absolute Gasteiger partial charge is 0.357 e. The molecular formula is C20H30N6O. The van der Waals surface area contributed by atoms with Crippen molar-refractivity contribution in [2.24, 2.45) is 0 Å². The quantitative estimate of drug-likeness (QED) is 0.774. The molecule has 2 aromatic rings. The second-order valence-electron chi connectivity index (χ2n) is 7.58. The van der Waals surface area contributed by atoms with Crippen molar-refractivity contribution >= 4 is 5.82 Å². The van der Waals surface area contributed by atoms with Crippen LogP contribution in [0.15, 0.2) is 22.9 Å². The lowest BCUT2D eigenvalue weighted by Crippen LogP contribution is -2.46. The summed E-state index contributed by atoms with van der Waals surface area (Å²) in [5.41, 5.74) is 0.915. The zero-order valence-electron chi connectivity index (χ0n) is 16.3. The minimum absolute atomic E-state index is 0.632. The van der Waals surface area contributed by atoms with E-state index < -0.39 is 0 Å². The van der Waals surface area contributed by atoms with Crippen LogP contribution in [0.5, 0.6) is 0 Å². The molecule has 146 valence electrons. The highest BCUT2D eigenvalue weighted by Crippen LogP contribution is 2.21. The first-order valence-electron chi connectivity index (χ1n) is 10.3. The van der Waals surface area contributed by atoms with Crippen LogP contribution in [0.25, 0.3) is 11.4 Å². The van der Waals surface area contributed by atoms with Crippen LogP contribution in [-0.4, -0.2) is 70.7 Å². The number of anilines is 1. The third-order valence-electron chi connectivity index (χ3n) is 5.52. The average Bonchev–Trinajstić information content (AvgIpc) is 3.19. The van der Waals surface area contributed by atoms with Crippen molar-refractivity contribution in [1.82, 2.24) is 24.9 Å². The van der Waals surface area contributed by atoms with Gasteiger partial charge in [0, 0.05) is 51.0 Å². The van der Waals surface area contributed by atoms with Crippen LogP contribution in [0.2, 0.25) is 0 Å². The molecule has 0 aliphatic carbocycles. The topological polar surface area (TPSA) is 61.5 Å². The van der Waals surface area contributed by atoms with E-state index in [1.54, 1.807) is 0 Å². The number of piperidine rings is 1. The molecule has 4 rings (SSSR count). The molecule has 27 heavy (non-hydrogen) atoms. The SMILES string of the molecule is CCCN1CCN(Cc2nc(-c3ccc(N4CCCCC4)nc3)no2)CC1. The fourth-order valence-corrected chi connectivity index (χ4v) is 3.94. The van der Waals surface area contributed by atoms with Crippen molar-refractivity contribution in [3.05, 3.63) is 24.2 Å². The van der Waals surface area contributed by atoms with Crippen molar-refractivity contribution in [3.8, 4) is 11.4 Å². The van der Waals surface area contributed by atoms with E-state index in [1.165, 1.54) is 32.2 Å². The molecule has 0 radical (unpaired) electrons. The fourth-order valence-electron chi connectivity index (χ4n) is 3.94. The van der Waals surface area contributed by atoms with Crippen LogP contribution < -0.4 is 4.90 Å². The van der Waals surface area contributed by atoms with Crippen LogP contribution in [-0.2, 0) is 6.54 Å². The van der Waals surface area contributed by atoms with Gasteiger partial charge in [0.15, 0.2) is 0 Å². The molecule has 2 fully saturated rings. The lowest BCUT2D eigenvalue weighted by molar-refractivity contribution is 0.117. The molecule has 2 aromatic heterocycles. The molecule has 2 aliphatic rings. The zero-order chi connectivity index (χ0) is 18.5. The number of pyridine rings is 1. The summed E-state index contributed by atoms with van der Waals surface area (Å²) in [6.07, 6.45) is 6.92. The van der Waals surface area contributed by atoms with Crippen molar-refractivity contribution in [1.29, 1.82) is 0 Å². The summed E-state index contributed by atoms with van der Waals surface area (Å²) in [6, 6.07) is 4.12. The van der Waals surface area contributed by atoms with Crippen molar-refractivity contribution in [3.63, 3.8) is 0 Å². The Morgan fingerprint density at radius 2 is 1.74 bits per heavy atom. The van der Waals surface area contributed by atoms with Gasteiger partial charge in [-0.2, -0.15) is 4.98 Å². The first-order valence-corrected chi connectivity index (χ1v) is 10.3. The van der Waals surface area contributed by atoms with Crippen molar-refractivity contribution < 1.29 is 4.52 Å². The average molecular weight is 371 g/mol. The van der Waals surface area contributed by atoms with Crippen LogP contribution in [0.4, 0.5) is 5.82 Å². The second-order valence-corrected chi connectivity index (χ2v) is 7.58. The number of hydrogen-bond donors (Lipinski definition) is 0. The Morgan fingerprint density at radius 1 is 0.963 bits per heavy atom. The molecule has 7 heteroatoms. The zero-order valence-corrected chi connectivity index (χ0v) is 16.3. The van der Waals surface area contributed by atoms with Gasteiger partial charge in [-0.15, -0.1) is 0 Å². The number of hydrogen-bond acceptors (Lipinski definition) is 7. The Bertz CT molecular complexity index is 702. The van der Waals surface area contributed by atoms with E-state index in [1.807, 2.05) is 6.20 Å². The van der Waals surface area contributed by atoms with Crippen molar-refractivity contribution in [2.45, 2.75) is 39.2 Å². The highest BCUT2D eigenvalue weighted by atomic mass is 16.5. The lowest BCUT2D eigenvalue weighted by Gasteiger charge is -2.33. The van der Waals surface area contributed by atoms with Gasteiger partial charge in [0.1, 0.15) is 5.82 Å². The maximum Gasteiger partial charge on any atom is 0.241 e. The molecular weight excluding hydrogens is 340 g/mol. The number of piperazine rings is 1. The van der Waals surface area contributed by atoms with Gasteiger partial charge in [-0.1, -0.05) is 12.1 Å². The Balaban J connectivity index is 1.34. The normalized spacial score (nSPS) is 19.5. The molecule has 0 N–H and O–H groups in total. The van der Waals surface area contributed by atoms with Gasteiger partial charge in [-0.3, -0.25) is 4.90 Å². The molecule has 0 saturated carbocycles. The third kappa shape index (κ3) is 4.65. The Kier molecular flexibility index (Phi) is 5.99. The Labute approximate surface area is 161 Å². The lowest BCUT2D eigenvalue weighted by atomic mass is 10.1. The third-order valence-corrected chi connectivity index (χ3v) is 5.52. The summed E-state index contributed by atoms with van der Waals surface area (Å²) in [5.74, 6) is 2.37. The van der Waals surface area contributed by atoms with E-state index in [0.29, 0.717) is 11.7 Å². The van der Waals surface area contributed by atoms with Gasteiger partial charge in [0.05, 0.1) is 6.54 Å². The molecule has 0 spiro atoms. The predicted molar refractivity (Wildman–Crippen MR) is 106 cm³/mol. The molecule has 7 nitrogen and oxygen atoms in total. The number of aromatic nitrogens is 3. The van der Waals surface area contributed by atoms with E-state index in [-0.39, 0.29) is 0 Å². The Morgan fingerprint density at radius 3 is 2.44 bits per heavy atom. The predicted octanol–water partition coefficient (Wildman–Crippen LogP) is 2.65. The Hall–Kier alpha value is -1.99. The van der Waals surface area contributed by atoms with E-state index in [4.69, 9.17) is 4.52 Å². The van der Waals surface area contributed by atoms with Gasteiger partial charge >= 0.3 is 0 Å². The molecule has 0 unspecified atom stereocenters. The second kappa shape index (κ2) is 8.80. The standard InChI is InChI=1S/C20H30N6O/c1-2-8-24-11-13-25(14-12-24)16-19-22-20(23-27-19)17-6-7-18(21-15-17)26-9-4-3-5-10-26/h6-7,15H,2-5,8-14,16H2,1H3. The maximum atomic E-state index is 5.49. The van der Waals surface area contributed by atoms with E-state index in [0.717, 1.165) is 57.2 Å². The molecule has 2 aliphatic heterocycles. The van der Waals surface area contributed by atoms with Gasteiger partial charge in [-0.25, -0.2) is 4.98 Å². The molecule has 2 saturated heterocycles. The summed E-state index contributed by atoms with van der Waals surface area (Å²) in [5, 5.41) is 4.16. The van der Waals surface area contributed by atoms with E-state index in [2.05, 4.69) is 48.9 Å². The molecule has 0 atom stereocenters. The maximum absolute atomic E-state index is 5.49. The summed E-state index contributed by atoms with van der Waals surface area (Å²) >= 11 is 0. The minimum atomic E-state index is 0.632. The van der Waals surface area contributed by atoms with Crippen LogP contribution >= 0.6 is 0 Å². The number of nitrogens with zero attached hydrogens (tertiary/aromatic N) is 6. The van der Waals surface area contributed by atoms with Gasteiger partial charge in [0.25, 0.3) is 0 Å². The van der Waals surface area contributed by atoms with Crippen molar-refractivity contribution in [2.75, 3.05) is 50.7 Å². The summed E-state index contributed by atoms with van der Waals surface area (Å²) < 4.78 is 5.49. The highest BCUT2D eigenvalue weighted by Gasteiger charge is 2.19. The number of rotatable bonds is 6. The summed E-state index contributed by atoms with van der Waals surface area (Å²) in [7, 11) is 0. The van der Waals surface area contributed by atoms with Gasteiger partial charge in [-0.05, 0) is 44.4 Å². The van der Waals surface area contributed by atoms with Crippen LogP contribution in [0, 0.1) is 0 Å². The van der Waals surface area contributed by atoms with Crippen LogP contribution in [0.3, 0.4) is 0 Å². The summed E-state index contributed by atoms with van der Waals surface area (Å²) in [4.78, 5) is 16.5. The smallest absolute Gasteiger partial charge is 0.241 e. The van der Waals surface area contributed by atoms with Gasteiger partial charge < -0.3 is 14.3 Å². The molecule has 0 bridgehead atoms. The molecule has 0 aromatic carbocycles. The summed E-state index contributed by atoms with van der Waals surface area (Å²) in [6.45, 7) is 10.7. The monoisotopic (exact) mass is 370 g/mol. The fraction of sp³-hybridized carbons (Fsp3) is 0.650. The first-order chi connectivity index (χ1) is 13.3. The minimum Gasteiger partial charge on any atom is -0.357 e. The van der Waals surface area contributed by atoms with E-state index in [9.17, 15) is 0 Å². The van der Waals surface area contributed by atoms with Crippen LogP contribution in [0.1, 0.15) is 38.5 Å². The molecule has 4 heterocycles. The highest BCUT2D eigenvalue weighted by molar-refractivity contribution is 5.55.